The Morgan fingerprint density at radius 1 is 1.24 bits per heavy atom. The van der Waals surface area contributed by atoms with Crippen LogP contribution in [-0.2, 0) is 27.7 Å². The largest absolute Gasteiger partial charge is 0.380 e. The van der Waals surface area contributed by atoms with Gasteiger partial charge in [-0.3, -0.25) is 14.5 Å². The molecular weight excluding hydrogens is 446 g/mol. The van der Waals surface area contributed by atoms with E-state index in [1.54, 1.807) is 10.9 Å². The molecule has 1 amide bonds. The normalized spacial score (nSPS) is 11.6. The third-order valence-corrected chi connectivity index (χ3v) is 5.21. The zero-order valence-corrected chi connectivity index (χ0v) is 20.1. The van der Waals surface area contributed by atoms with E-state index in [0.717, 1.165) is 23.9 Å². The van der Waals surface area contributed by atoms with Crippen molar-refractivity contribution in [1.82, 2.24) is 29.5 Å². The van der Waals surface area contributed by atoms with Crippen molar-refractivity contribution in [2.45, 2.75) is 40.2 Å². The van der Waals surface area contributed by atoms with Gasteiger partial charge < -0.3 is 10.1 Å². The van der Waals surface area contributed by atoms with Crippen LogP contribution in [0.3, 0.4) is 0 Å². The van der Waals surface area contributed by atoms with Crippen LogP contribution in [0, 0.1) is 6.92 Å². The summed E-state index contributed by atoms with van der Waals surface area (Å²) in [6, 6.07) is 3.87. The van der Waals surface area contributed by atoms with Crippen molar-refractivity contribution in [1.29, 1.82) is 0 Å². The smallest absolute Gasteiger partial charge is 0.287 e. The van der Waals surface area contributed by atoms with Gasteiger partial charge in [-0.15, -0.1) is 0 Å². The molecule has 0 aliphatic rings. The molecule has 3 aromatic heterocycles. The summed E-state index contributed by atoms with van der Waals surface area (Å²) < 4.78 is 32.4. The van der Waals surface area contributed by atoms with Crippen molar-refractivity contribution >= 4 is 32.9 Å². The summed E-state index contributed by atoms with van der Waals surface area (Å²) in [5.74, 6) is -0.512. The summed E-state index contributed by atoms with van der Waals surface area (Å²) >= 11 is 0. The van der Waals surface area contributed by atoms with Gasteiger partial charge in [0.2, 0.25) is 16.0 Å². The van der Waals surface area contributed by atoms with E-state index in [9.17, 15) is 13.2 Å². The Kier molecular flexibility index (Phi) is 7.92. The van der Waals surface area contributed by atoms with Gasteiger partial charge in [0.05, 0.1) is 25.1 Å². The number of sulfonamides is 1. The fraction of sp³-hybridized carbons (Fsp3) is 0.476. The van der Waals surface area contributed by atoms with E-state index < -0.39 is 15.9 Å². The minimum absolute atomic E-state index is 0.0904. The van der Waals surface area contributed by atoms with E-state index >= 15 is 0 Å². The van der Waals surface area contributed by atoms with E-state index in [2.05, 4.69) is 25.4 Å². The maximum absolute atomic E-state index is 12.8. The van der Waals surface area contributed by atoms with Gasteiger partial charge in [0.1, 0.15) is 11.0 Å². The van der Waals surface area contributed by atoms with Gasteiger partial charge in [0.15, 0.2) is 5.69 Å². The van der Waals surface area contributed by atoms with Crippen molar-refractivity contribution < 1.29 is 17.9 Å². The molecule has 0 saturated carbocycles. The number of nitrogens with one attached hydrogen (secondary N) is 2. The topological polar surface area (TPSA) is 141 Å². The SMILES string of the molecule is CCCNc1nc(Cc2cc(C)ccn2)c2c(n1)c(C(=O)NS(C)(=O)=O)nn2CCOCC. The summed E-state index contributed by atoms with van der Waals surface area (Å²) in [5, 5.41) is 7.54. The first-order chi connectivity index (χ1) is 15.7. The van der Waals surface area contributed by atoms with E-state index in [-0.39, 0.29) is 11.2 Å². The maximum atomic E-state index is 12.8. The van der Waals surface area contributed by atoms with Gasteiger partial charge in [-0.25, -0.2) is 23.1 Å². The molecule has 178 valence electrons. The third kappa shape index (κ3) is 6.45. The molecule has 3 heterocycles. The molecule has 33 heavy (non-hydrogen) atoms. The first kappa shape index (κ1) is 24.5. The van der Waals surface area contributed by atoms with E-state index in [1.165, 1.54) is 0 Å². The molecule has 0 aromatic carbocycles. The van der Waals surface area contributed by atoms with Crippen LogP contribution in [-0.4, -0.2) is 65.1 Å². The average molecular weight is 476 g/mol. The van der Waals surface area contributed by atoms with E-state index in [1.807, 2.05) is 37.6 Å². The van der Waals surface area contributed by atoms with Crippen molar-refractivity contribution in [3.8, 4) is 0 Å². The molecule has 11 nitrogen and oxygen atoms in total. The van der Waals surface area contributed by atoms with Crippen molar-refractivity contribution in [3.63, 3.8) is 0 Å². The van der Waals surface area contributed by atoms with Crippen LogP contribution >= 0.6 is 0 Å². The standard InChI is InChI=1S/C21H29N7O4S/c1-5-8-23-21-24-16(13-15-12-14(3)7-9-22-15)19-17(25-21)18(20(29)27-33(4,30)31)26-28(19)10-11-32-6-2/h7,9,12H,5-6,8,10-11,13H2,1-4H3,(H,27,29)(H,23,24,25). The Morgan fingerprint density at radius 3 is 2.70 bits per heavy atom. The maximum Gasteiger partial charge on any atom is 0.287 e. The summed E-state index contributed by atoms with van der Waals surface area (Å²) in [6.07, 6.45) is 3.88. The monoisotopic (exact) mass is 475 g/mol. The lowest BCUT2D eigenvalue weighted by molar-refractivity contribution is 0.0975. The summed E-state index contributed by atoms with van der Waals surface area (Å²) in [5.41, 5.74) is 3.21. The fourth-order valence-corrected chi connectivity index (χ4v) is 3.72. The minimum atomic E-state index is -3.78. The van der Waals surface area contributed by atoms with Crippen LogP contribution < -0.4 is 10.0 Å². The first-order valence-electron chi connectivity index (χ1n) is 10.7. The Labute approximate surface area is 193 Å². The Hall–Kier alpha value is -3.12. The molecule has 0 saturated heterocycles. The van der Waals surface area contributed by atoms with Crippen LogP contribution in [0.15, 0.2) is 18.3 Å². The molecule has 0 fully saturated rings. The predicted molar refractivity (Wildman–Crippen MR) is 125 cm³/mol. The molecule has 0 aliphatic carbocycles. The molecule has 3 rings (SSSR count). The van der Waals surface area contributed by atoms with E-state index in [0.29, 0.717) is 49.9 Å². The van der Waals surface area contributed by atoms with Gasteiger partial charge in [-0.05, 0) is 38.0 Å². The van der Waals surface area contributed by atoms with E-state index in [4.69, 9.17) is 4.74 Å². The zero-order chi connectivity index (χ0) is 24.0. The minimum Gasteiger partial charge on any atom is -0.380 e. The number of aromatic nitrogens is 5. The number of carbonyl (C=O) groups is 1. The Balaban J connectivity index is 2.18. The second-order valence-electron chi connectivity index (χ2n) is 7.59. The number of rotatable bonds is 11. The second kappa shape index (κ2) is 10.7. The van der Waals surface area contributed by atoms with Crippen LogP contribution in [0.25, 0.3) is 11.0 Å². The molecule has 3 aromatic rings. The van der Waals surface area contributed by atoms with Crippen LogP contribution in [0.1, 0.15) is 47.7 Å². The number of hydrogen-bond donors (Lipinski definition) is 2. The molecule has 0 aliphatic heterocycles. The van der Waals surface area contributed by atoms with Crippen molar-refractivity contribution in [2.75, 3.05) is 31.3 Å². The first-order valence-corrected chi connectivity index (χ1v) is 12.6. The lowest BCUT2D eigenvalue weighted by atomic mass is 10.1. The molecule has 0 bridgehead atoms. The molecule has 12 heteroatoms. The number of fused-ring (bicyclic) bond motifs is 1. The highest BCUT2D eigenvalue weighted by molar-refractivity contribution is 7.89. The molecular formula is C21H29N7O4S. The van der Waals surface area contributed by atoms with Gasteiger partial charge in [0, 0.05) is 31.5 Å². The van der Waals surface area contributed by atoms with Gasteiger partial charge in [-0.1, -0.05) is 6.92 Å². The van der Waals surface area contributed by atoms with Gasteiger partial charge >= 0.3 is 0 Å². The number of carbonyl (C=O) groups excluding carboxylic acids is 1. The summed E-state index contributed by atoms with van der Waals surface area (Å²) in [7, 11) is -3.78. The van der Waals surface area contributed by atoms with Crippen LogP contribution in [0.2, 0.25) is 0 Å². The Bertz CT molecular complexity index is 1240. The van der Waals surface area contributed by atoms with Crippen LogP contribution in [0.5, 0.6) is 0 Å². The highest BCUT2D eigenvalue weighted by Gasteiger charge is 2.25. The summed E-state index contributed by atoms with van der Waals surface area (Å²) in [4.78, 5) is 26.4. The molecule has 0 unspecified atom stereocenters. The number of aryl methyl sites for hydroxylation is 1. The molecule has 0 atom stereocenters. The number of hydrogen-bond acceptors (Lipinski definition) is 9. The molecule has 0 radical (unpaired) electrons. The lowest BCUT2D eigenvalue weighted by Crippen LogP contribution is -2.30. The predicted octanol–water partition coefficient (Wildman–Crippen LogP) is 1.67. The number of pyridine rings is 1. The van der Waals surface area contributed by atoms with Gasteiger partial charge in [-0.2, -0.15) is 5.10 Å². The average Bonchev–Trinajstić information content (AvgIpc) is 3.10. The zero-order valence-electron chi connectivity index (χ0n) is 19.3. The highest BCUT2D eigenvalue weighted by atomic mass is 32.2. The number of anilines is 1. The summed E-state index contributed by atoms with van der Waals surface area (Å²) in [6.45, 7) is 7.75. The number of nitrogens with zero attached hydrogens (tertiary/aromatic N) is 5. The quantitative estimate of drug-likeness (QED) is 0.396. The number of ether oxygens (including phenoxy) is 1. The van der Waals surface area contributed by atoms with Crippen LogP contribution in [0.4, 0.5) is 5.95 Å². The molecule has 0 spiro atoms. The molecule has 2 N–H and O–H groups in total. The van der Waals surface area contributed by atoms with Crippen molar-refractivity contribution in [2.24, 2.45) is 0 Å². The Morgan fingerprint density at radius 2 is 2.03 bits per heavy atom. The van der Waals surface area contributed by atoms with Gasteiger partial charge in [0.25, 0.3) is 5.91 Å². The second-order valence-corrected chi connectivity index (χ2v) is 9.34. The fourth-order valence-electron chi connectivity index (χ4n) is 3.29. The lowest BCUT2D eigenvalue weighted by Gasteiger charge is -2.10. The van der Waals surface area contributed by atoms with Crippen molar-refractivity contribution in [3.05, 3.63) is 41.0 Å². The highest BCUT2D eigenvalue weighted by Crippen LogP contribution is 2.24. The third-order valence-electron chi connectivity index (χ3n) is 4.66. The number of amides is 1.